The summed E-state index contributed by atoms with van der Waals surface area (Å²) >= 11 is 0. The van der Waals surface area contributed by atoms with Crippen LogP contribution in [0.4, 0.5) is 18.9 Å². The predicted octanol–water partition coefficient (Wildman–Crippen LogP) is 4.27. The summed E-state index contributed by atoms with van der Waals surface area (Å²) < 4.78 is 40.8. The molecule has 0 radical (unpaired) electrons. The minimum absolute atomic E-state index is 0.0161. The van der Waals surface area contributed by atoms with Crippen LogP contribution in [-0.4, -0.2) is 74.4 Å². The summed E-state index contributed by atoms with van der Waals surface area (Å²) in [5.74, 6) is -0.0161. The largest absolute Gasteiger partial charge is 0.411 e. The van der Waals surface area contributed by atoms with Gasteiger partial charge in [0.05, 0.1) is 0 Å². The number of ether oxygens (including phenoxy) is 1. The third-order valence-corrected chi connectivity index (χ3v) is 5.43. The number of hydrogen-bond donors (Lipinski definition) is 1. The van der Waals surface area contributed by atoms with E-state index >= 15 is 0 Å². The quantitative estimate of drug-likeness (QED) is 0.551. The molecule has 8 heteroatoms. The molecule has 0 saturated carbocycles. The lowest BCUT2D eigenvalue weighted by molar-refractivity contribution is -0.174. The zero-order valence-corrected chi connectivity index (χ0v) is 18.1. The maximum absolute atomic E-state index is 12.5. The molecule has 0 unspecified atom stereocenters. The first-order valence-electron chi connectivity index (χ1n) is 10.9. The van der Waals surface area contributed by atoms with Gasteiger partial charge in [-0.1, -0.05) is 48.5 Å². The molecule has 0 aliphatic carbocycles. The summed E-state index contributed by atoms with van der Waals surface area (Å²) in [6.45, 7) is 3.72. The van der Waals surface area contributed by atoms with Crippen molar-refractivity contribution in [3.05, 3.63) is 54.6 Å². The first-order valence-corrected chi connectivity index (χ1v) is 10.9. The Morgan fingerprint density at radius 3 is 2.22 bits per heavy atom. The van der Waals surface area contributed by atoms with Gasteiger partial charge in [-0.25, -0.2) is 0 Å². The lowest BCUT2D eigenvalue weighted by Gasteiger charge is -2.34. The van der Waals surface area contributed by atoms with Crippen LogP contribution in [-0.2, 0) is 9.53 Å². The van der Waals surface area contributed by atoms with Gasteiger partial charge in [-0.2, -0.15) is 13.2 Å². The minimum atomic E-state index is -4.26. The molecule has 0 atom stereocenters. The number of carbonyl (C=O) groups excluding carboxylic acids is 1. The molecule has 1 heterocycles. The number of amides is 1. The van der Waals surface area contributed by atoms with Crippen molar-refractivity contribution in [1.82, 2.24) is 9.80 Å². The summed E-state index contributed by atoms with van der Waals surface area (Å²) in [6, 6.07) is 17.7. The topological polar surface area (TPSA) is 44.8 Å². The van der Waals surface area contributed by atoms with E-state index in [1.165, 1.54) is 0 Å². The smallest absolute Gasteiger partial charge is 0.372 e. The second-order valence-electron chi connectivity index (χ2n) is 7.91. The van der Waals surface area contributed by atoms with Crippen LogP contribution in [0.15, 0.2) is 54.6 Å². The second-order valence-corrected chi connectivity index (χ2v) is 7.91. The molecule has 0 bridgehead atoms. The zero-order chi connectivity index (χ0) is 22.8. The van der Waals surface area contributed by atoms with Gasteiger partial charge < -0.3 is 19.9 Å². The first-order chi connectivity index (χ1) is 15.4. The van der Waals surface area contributed by atoms with Gasteiger partial charge in [-0.3, -0.25) is 4.79 Å². The molecule has 32 heavy (non-hydrogen) atoms. The molecule has 5 nitrogen and oxygen atoms in total. The number of rotatable bonds is 10. The summed E-state index contributed by atoms with van der Waals surface area (Å²) in [7, 11) is 0. The van der Waals surface area contributed by atoms with E-state index in [-0.39, 0.29) is 12.5 Å². The Labute approximate surface area is 187 Å². The van der Waals surface area contributed by atoms with Crippen molar-refractivity contribution >= 4 is 11.6 Å². The number of para-hydroxylation sites is 1. The number of alkyl halides is 3. The number of nitrogens with zero attached hydrogens (tertiary/aromatic N) is 2. The summed E-state index contributed by atoms with van der Waals surface area (Å²) in [5.41, 5.74) is 2.86. The van der Waals surface area contributed by atoms with E-state index in [1.807, 2.05) is 54.6 Å². The molecule has 3 rings (SSSR count). The summed E-state index contributed by atoms with van der Waals surface area (Å²) in [4.78, 5) is 17.0. The monoisotopic (exact) mass is 449 g/mol. The molecule has 0 spiro atoms. The fourth-order valence-electron chi connectivity index (χ4n) is 3.75. The molecule has 2 aromatic carbocycles. The van der Waals surface area contributed by atoms with Crippen LogP contribution < -0.4 is 5.32 Å². The third-order valence-electron chi connectivity index (χ3n) is 5.43. The molecule has 1 aliphatic heterocycles. The predicted molar refractivity (Wildman–Crippen MR) is 119 cm³/mol. The molecule has 1 N–H and O–H groups in total. The Hall–Kier alpha value is -2.42. The van der Waals surface area contributed by atoms with Crippen molar-refractivity contribution in [3.8, 4) is 11.1 Å². The SMILES string of the molecule is O=C(CCN1CCN(CCCOCC(F)(F)F)CC1)Nc1ccccc1-c1ccccc1. The van der Waals surface area contributed by atoms with Crippen LogP contribution >= 0.6 is 0 Å². The second kappa shape index (κ2) is 12.0. The number of hydrogen-bond acceptors (Lipinski definition) is 4. The number of halogens is 3. The van der Waals surface area contributed by atoms with Crippen molar-refractivity contribution < 1.29 is 22.7 Å². The highest BCUT2D eigenvalue weighted by molar-refractivity contribution is 5.95. The van der Waals surface area contributed by atoms with Crippen molar-refractivity contribution in [1.29, 1.82) is 0 Å². The van der Waals surface area contributed by atoms with Crippen molar-refractivity contribution in [2.24, 2.45) is 0 Å². The number of nitrogens with one attached hydrogen (secondary N) is 1. The Balaban J connectivity index is 1.35. The van der Waals surface area contributed by atoms with Crippen LogP contribution in [0.1, 0.15) is 12.8 Å². The van der Waals surface area contributed by atoms with Gasteiger partial charge in [0.1, 0.15) is 6.61 Å². The van der Waals surface area contributed by atoms with Crippen LogP contribution in [0, 0.1) is 0 Å². The van der Waals surface area contributed by atoms with E-state index in [2.05, 4.69) is 19.9 Å². The maximum Gasteiger partial charge on any atom is 0.411 e. The lowest BCUT2D eigenvalue weighted by atomic mass is 10.0. The Morgan fingerprint density at radius 1 is 0.906 bits per heavy atom. The molecule has 1 fully saturated rings. The van der Waals surface area contributed by atoms with Crippen LogP contribution in [0.25, 0.3) is 11.1 Å². The van der Waals surface area contributed by atoms with Crippen LogP contribution in [0.2, 0.25) is 0 Å². The van der Waals surface area contributed by atoms with Crippen molar-refractivity contribution in [2.75, 3.05) is 57.8 Å². The highest BCUT2D eigenvalue weighted by atomic mass is 19.4. The summed E-state index contributed by atoms with van der Waals surface area (Å²) in [6.07, 6.45) is -3.27. The molecular weight excluding hydrogens is 419 g/mol. The fraction of sp³-hybridized carbons (Fsp3) is 0.458. The molecule has 174 valence electrons. The molecule has 1 aliphatic rings. The molecular formula is C24H30F3N3O2. The van der Waals surface area contributed by atoms with Gasteiger partial charge in [0.25, 0.3) is 0 Å². The first kappa shape index (κ1) is 24.2. The van der Waals surface area contributed by atoms with E-state index in [9.17, 15) is 18.0 Å². The zero-order valence-electron chi connectivity index (χ0n) is 18.1. The normalized spacial score (nSPS) is 15.6. The number of benzene rings is 2. The highest BCUT2D eigenvalue weighted by Gasteiger charge is 2.27. The van der Waals surface area contributed by atoms with E-state index in [0.29, 0.717) is 19.4 Å². The van der Waals surface area contributed by atoms with Gasteiger partial charge >= 0.3 is 6.18 Å². The van der Waals surface area contributed by atoms with E-state index < -0.39 is 12.8 Å². The Bertz CT molecular complexity index is 838. The average Bonchev–Trinajstić information content (AvgIpc) is 2.78. The lowest BCUT2D eigenvalue weighted by Crippen LogP contribution is -2.47. The Morgan fingerprint density at radius 2 is 1.53 bits per heavy atom. The van der Waals surface area contributed by atoms with Crippen LogP contribution in [0.3, 0.4) is 0 Å². The average molecular weight is 450 g/mol. The number of anilines is 1. The van der Waals surface area contributed by atoms with Gasteiger partial charge in [0.2, 0.25) is 5.91 Å². The fourth-order valence-corrected chi connectivity index (χ4v) is 3.75. The van der Waals surface area contributed by atoms with Gasteiger partial charge in [-0.15, -0.1) is 0 Å². The van der Waals surface area contributed by atoms with Gasteiger partial charge in [-0.05, 0) is 18.1 Å². The highest BCUT2D eigenvalue weighted by Crippen LogP contribution is 2.27. The van der Waals surface area contributed by atoms with E-state index in [0.717, 1.165) is 49.5 Å². The van der Waals surface area contributed by atoms with Gasteiger partial charge in [0.15, 0.2) is 0 Å². The standard InChI is InChI=1S/C24H30F3N3O2/c25-24(26,27)19-32-18-6-12-29-14-16-30(17-15-29)13-11-23(31)28-22-10-5-4-9-21(22)20-7-2-1-3-8-20/h1-5,7-10H,6,11-19H2,(H,28,31). The Kier molecular flexibility index (Phi) is 9.08. The molecule has 0 aromatic heterocycles. The molecule has 2 aromatic rings. The number of piperazine rings is 1. The number of carbonyl (C=O) groups is 1. The van der Waals surface area contributed by atoms with Gasteiger partial charge in [0, 0.05) is 63.5 Å². The van der Waals surface area contributed by atoms with Crippen molar-refractivity contribution in [2.45, 2.75) is 19.0 Å². The summed E-state index contributed by atoms with van der Waals surface area (Å²) in [5, 5.41) is 3.04. The molecule has 1 amide bonds. The van der Waals surface area contributed by atoms with E-state index in [4.69, 9.17) is 0 Å². The van der Waals surface area contributed by atoms with E-state index in [1.54, 1.807) is 0 Å². The molecule has 1 saturated heterocycles. The van der Waals surface area contributed by atoms with Crippen molar-refractivity contribution in [3.63, 3.8) is 0 Å². The minimum Gasteiger partial charge on any atom is -0.372 e. The maximum atomic E-state index is 12.5. The third kappa shape index (κ3) is 8.26. The van der Waals surface area contributed by atoms with Crippen LogP contribution in [0.5, 0.6) is 0 Å².